The van der Waals surface area contributed by atoms with Crippen molar-refractivity contribution < 1.29 is 9.53 Å². The van der Waals surface area contributed by atoms with Crippen molar-refractivity contribution in [3.63, 3.8) is 0 Å². The van der Waals surface area contributed by atoms with Gasteiger partial charge >= 0.3 is 0 Å². The molecule has 7 heteroatoms. The summed E-state index contributed by atoms with van der Waals surface area (Å²) in [5.74, 6) is 3.14. The first-order valence-corrected chi connectivity index (χ1v) is 11.4. The maximum absolute atomic E-state index is 12.1. The fourth-order valence-electron chi connectivity index (χ4n) is 5.31. The molecule has 0 aromatic carbocycles. The number of fused-ring (bicyclic) bond motifs is 2. The van der Waals surface area contributed by atoms with E-state index in [2.05, 4.69) is 29.5 Å². The molecule has 29 heavy (non-hydrogen) atoms. The number of hydrogen-bond donors (Lipinski definition) is 2. The van der Waals surface area contributed by atoms with Gasteiger partial charge < -0.3 is 20.3 Å². The Labute approximate surface area is 194 Å². The highest BCUT2D eigenvalue weighted by molar-refractivity contribution is 14.0. The Morgan fingerprint density at radius 3 is 2.45 bits per heavy atom. The number of carbonyl (C=O) groups excluding carboxylic acids is 1. The monoisotopic (exact) mass is 520 g/mol. The van der Waals surface area contributed by atoms with E-state index in [0.29, 0.717) is 24.1 Å². The van der Waals surface area contributed by atoms with Gasteiger partial charge in [0.1, 0.15) is 6.54 Å². The number of aliphatic imine (C=N–C) groups is 1. The Morgan fingerprint density at radius 2 is 1.86 bits per heavy atom. The van der Waals surface area contributed by atoms with E-state index in [9.17, 15) is 4.79 Å². The first kappa shape index (κ1) is 24.7. The van der Waals surface area contributed by atoms with Crippen LogP contribution >= 0.6 is 24.0 Å². The highest BCUT2D eigenvalue weighted by atomic mass is 127. The molecule has 5 atom stereocenters. The zero-order valence-corrected chi connectivity index (χ0v) is 21.0. The number of rotatable bonds is 7. The van der Waals surface area contributed by atoms with Crippen LogP contribution < -0.4 is 10.6 Å². The van der Waals surface area contributed by atoms with Crippen LogP contribution in [0.15, 0.2) is 4.99 Å². The summed E-state index contributed by atoms with van der Waals surface area (Å²) < 4.78 is 6.08. The van der Waals surface area contributed by atoms with E-state index >= 15 is 0 Å². The lowest BCUT2D eigenvalue weighted by atomic mass is 9.89. The van der Waals surface area contributed by atoms with Crippen LogP contribution in [0.5, 0.6) is 0 Å². The van der Waals surface area contributed by atoms with Crippen LogP contribution in [-0.2, 0) is 9.53 Å². The third kappa shape index (κ3) is 6.71. The summed E-state index contributed by atoms with van der Waals surface area (Å²) in [5.41, 5.74) is 0. The molecule has 1 amide bonds. The van der Waals surface area contributed by atoms with Gasteiger partial charge in [-0.05, 0) is 49.9 Å². The van der Waals surface area contributed by atoms with Gasteiger partial charge in [0.05, 0.1) is 6.10 Å². The number of amides is 1. The predicted molar refractivity (Wildman–Crippen MR) is 129 cm³/mol. The second-order valence-electron chi connectivity index (χ2n) is 9.23. The van der Waals surface area contributed by atoms with Crippen molar-refractivity contribution in [1.29, 1.82) is 0 Å². The minimum Gasteiger partial charge on any atom is -0.378 e. The maximum atomic E-state index is 12.1. The number of halogens is 1. The van der Waals surface area contributed by atoms with E-state index in [1.54, 1.807) is 19.0 Å². The van der Waals surface area contributed by atoms with Crippen LogP contribution in [0, 0.1) is 17.8 Å². The summed E-state index contributed by atoms with van der Waals surface area (Å²) in [5, 5.41) is 7.35. The molecule has 3 aliphatic rings. The third-order valence-electron chi connectivity index (χ3n) is 7.16. The Balaban J connectivity index is 0.00000300. The number of nitrogens with one attached hydrogen (secondary N) is 2. The fourth-order valence-corrected chi connectivity index (χ4v) is 5.31. The van der Waals surface area contributed by atoms with Gasteiger partial charge in [-0.15, -0.1) is 24.0 Å². The Hall–Kier alpha value is -0.570. The molecule has 0 aromatic rings. The molecule has 168 valence electrons. The number of guanidine groups is 1. The third-order valence-corrected chi connectivity index (χ3v) is 7.16. The minimum atomic E-state index is 0. The predicted octanol–water partition coefficient (Wildman–Crippen LogP) is 3.40. The quantitative estimate of drug-likeness (QED) is 0.307. The number of hydrogen-bond acceptors (Lipinski definition) is 3. The summed E-state index contributed by atoms with van der Waals surface area (Å²) in [6.45, 7) is 5.51. The normalized spacial score (nSPS) is 31.5. The lowest BCUT2D eigenvalue weighted by Crippen LogP contribution is -2.52. The highest BCUT2D eigenvalue weighted by Crippen LogP contribution is 2.44. The van der Waals surface area contributed by atoms with E-state index in [4.69, 9.17) is 4.74 Å². The molecule has 2 saturated carbocycles. The second kappa shape index (κ2) is 11.7. The minimum absolute atomic E-state index is 0. The molecule has 0 spiro atoms. The van der Waals surface area contributed by atoms with Crippen molar-refractivity contribution in [1.82, 2.24) is 15.5 Å². The van der Waals surface area contributed by atoms with Gasteiger partial charge in [-0.2, -0.15) is 0 Å². The van der Waals surface area contributed by atoms with Crippen LogP contribution in [0.1, 0.15) is 65.2 Å². The lowest BCUT2D eigenvalue weighted by Gasteiger charge is -2.35. The molecular formula is C22H41IN4O2. The maximum Gasteiger partial charge on any atom is 0.243 e. The summed E-state index contributed by atoms with van der Waals surface area (Å²) in [7, 11) is 3.57. The lowest BCUT2D eigenvalue weighted by molar-refractivity contribution is -0.127. The van der Waals surface area contributed by atoms with Crippen molar-refractivity contribution in [2.75, 3.05) is 27.2 Å². The van der Waals surface area contributed by atoms with Crippen LogP contribution in [0.25, 0.3) is 0 Å². The van der Waals surface area contributed by atoms with Crippen molar-refractivity contribution in [2.24, 2.45) is 22.7 Å². The van der Waals surface area contributed by atoms with Crippen molar-refractivity contribution >= 4 is 35.8 Å². The van der Waals surface area contributed by atoms with Crippen LogP contribution in [0.2, 0.25) is 0 Å². The Bertz CT molecular complexity index is 553. The van der Waals surface area contributed by atoms with E-state index in [1.165, 1.54) is 25.7 Å². The van der Waals surface area contributed by atoms with E-state index in [1.807, 2.05) is 0 Å². The Kier molecular flexibility index (Phi) is 9.98. The Morgan fingerprint density at radius 1 is 1.10 bits per heavy atom. The topological polar surface area (TPSA) is 66.0 Å². The summed E-state index contributed by atoms with van der Waals surface area (Å²) in [6, 6.07) is 0.868. The molecule has 2 bridgehead atoms. The van der Waals surface area contributed by atoms with Gasteiger partial charge in [-0.25, -0.2) is 4.99 Å². The average molecular weight is 521 g/mol. The van der Waals surface area contributed by atoms with Gasteiger partial charge in [-0.3, -0.25) is 4.79 Å². The van der Waals surface area contributed by atoms with Crippen LogP contribution in [-0.4, -0.2) is 62.2 Å². The number of likely N-dealkylation sites (N-methyl/N-ethyl adjacent to an activating group) is 1. The number of nitrogens with zero attached hydrogens (tertiary/aromatic N) is 2. The number of ether oxygens (including phenoxy) is 1. The average Bonchev–Trinajstić information content (AvgIpc) is 3.30. The molecule has 1 saturated heterocycles. The van der Waals surface area contributed by atoms with Crippen molar-refractivity contribution in [3.05, 3.63) is 0 Å². The zero-order valence-electron chi connectivity index (χ0n) is 18.7. The molecule has 1 heterocycles. The standard InChI is InChI=1S/C22H40N4O2.HI/c1-5-16(6-2)20-13-18(9-10-28-20)24-22(23-14-21(27)26(3)4)25-19-12-15-7-8-17(19)11-15;/h15-20H,5-14H2,1-4H3,(H2,23,24,25);1H. The summed E-state index contributed by atoms with van der Waals surface area (Å²) >= 11 is 0. The molecular weight excluding hydrogens is 479 g/mol. The molecule has 2 N–H and O–H groups in total. The molecule has 0 radical (unpaired) electrons. The van der Waals surface area contributed by atoms with Gasteiger partial charge in [-0.1, -0.05) is 33.1 Å². The molecule has 1 aliphatic heterocycles. The van der Waals surface area contributed by atoms with Gasteiger partial charge in [0.25, 0.3) is 0 Å². The molecule has 6 nitrogen and oxygen atoms in total. The molecule has 3 fully saturated rings. The van der Waals surface area contributed by atoms with Gasteiger partial charge in [0, 0.05) is 32.8 Å². The molecule has 3 rings (SSSR count). The van der Waals surface area contributed by atoms with Crippen molar-refractivity contribution in [3.8, 4) is 0 Å². The molecule has 0 aromatic heterocycles. The van der Waals surface area contributed by atoms with Crippen molar-refractivity contribution in [2.45, 2.75) is 83.4 Å². The fraction of sp³-hybridized carbons (Fsp3) is 0.909. The largest absolute Gasteiger partial charge is 0.378 e. The zero-order chi connectivity index (χ0) is 20.1. The smallest absolute Gasteiger partial charge is 0.243 e. The van der Waals surface area contributed by atoms with E-state index < -0.39 is 0 Å². The summed E-state index contributed by atoms with van der Waals surface area (Å²) in [6.07, 6.45) is 9.99. The molecule has 2 aliphatic carbocycles. The first-order valence-electron chi connectivity index (χ1n) is 11.4. The number of carbonyl (C=O) groups is 1. The van der Waals surface area contributed by atoms with E-state index in [-0.39, 0.29) is 36.4 Å². The van der Waals surface area contributed by atoms with Crippen LogP contribution in [0.3, 0.4) is 0 Å². The van der Waals surface area contributed by atoms with Gasteiger partial charge in [0.2, 0.25) is 5.91 Å². The summed E-state index contributed by atoms with van der Waals surface area (Å²) in [4.78, 5) is 18.3. The highest BCUT2D eigenvalue weighted by Gasteiger charge is 2.40. The SMILES string of the molecule is CCC(CC)C1CC(NC(=NCC(=O)N(C)C)NC2CC3CCC2C3)CCO1.I. The van der Waals surface area contributed by atoms with Gasteiger partial charge in [0.15, 0.2) is 5.96 Å². The molecule has 5 unspecified atom stereocenters. The van der Waals surface area contributed by atoms with E-state index in [0.717, 1.165) is 50.1 Å². The van der Waals surface area contributed by atoms with Crippen LogP contribution in [0.4, 0.5) is 0 Å². The first-order chi connectivity index (χ1) is 13.5. The second-order valence-corrected chi connectivity index (χ2v) is 9.23.